The number of nitro benzene ring substituents is 1. The molecule has 182 valence electrons. The number of nitrogens with zero attached hydrogens (tertiary/aromatic N) is 4. The van der Waals surface area contributed by atoms with E-state index in [0.29, 0.717) is 22.2 Å². The largest absolute Gasteiger partial charge is 0.456 e. The van der Waals surface area contributed by atoms with Gasteiger partial charge in [0.05, 0.1) is 21.9 Å². The fourth-order valence-electron chi connectivity index (χ4n) is 4.07. The number of carbonyl (C=O) groups is 2. The normalized spacial score (nSPS) is 13.7. The van der Waals surface area contributed by atoms with Gasteiger partial charge in [0.1, 0.15) is 12.3 Å². The Morgan fingerprint density at radius 1 is 1.11 bits per heavy atom. The van der Waals surface area contributed by atoms with E-state index in [1.54, 1.807) is 17.5 Å². The lowest BCUT2D eigenvalue weighted by atomic mass is 10.1. The van der Waals surface area contributed by atoms with Gasteiger partial charge < -0.3 is 9.64 Å². The molecule has 1 aliphatic rings. The van der Waals surface area contributed by atoms with Crippen molar-refractivity contribution in [3.8, 4) is 0 Å². The van der Waals surface area contributed by atoms with Gasteiger partial charge in [-0.25, -0.2) is 9.78 Å². The summed E-state index contributed by atoms with van der Waals surface area (Å²) in [6.07, 6.45) is 4.20. The van der Waals surface area contributed by atoms with Crippen LogP contribution in [0.3, 0.4) is 0 Å². The first-order valence-electron chi connectivity index (χ1n) is 11.4. The number of rotatable bonds is 7. The van der Waals surface area contributed by atoms with Gasteiger partial charge in [-0.05, 0) is 37.1 Å². The monoisotopic (exact) mass is 494 g/mol. The summed E-state index contributed by atoms with van der Waals surface area (Å²) >= 11 is 1.26. The quantitative estimate of drug-likeness (QED) is 0.243. The van der Waals surface area contributed by atoms with Crippen LogP contribution in [0.25, 0.3) is 0 Å². The lowest BCUT2D eigenvalue weighted by Gasteiger charge is -2.22. The molecule has 2 heterocycles. The molecule has 1 aromatic heterocycles. The number of esters is 1. The van der Waals surface area contributed by atoms with Gasteiger partial charge in [0, 0.05) is 31.5 Å². The van der Waals surface area contributed by atoms with E-state index in [2.05, 4.69) is 4.98 Å². The van der Waals surface area contributed by atoms with Gasteiger partial charge in [-0.2, -0.15) is 0 Å². The number of aromatic nitrogens is 1. The SMILES string of the molecule is CC(=O)N(c1ccccc1)c1nc(COC(=O)c2ccc(N3CCCCCC3)c([N+](=O)[O-])c2)cs1. The molecule has 0 saturated carbocycles. The van der Waals surface area contributed by atoms with E-state index in [4.69, 9.17) is 4.74 Å². The molecule has 0 unspecified atom stereocenters. The molecule has 1 fully saturated rings. The van der Waals surface area contributed by atoms with Crippen molar-refractivity contribution in [2.45, 2.75) is 39.2 Å². The van der Waals surface area contributed by atoms with Crippen LogP contribution >= 0.6 is 11.3 Å². The Hall–Kier alpha value is -3.79. The minimum atomic E-state index is -0.670. The van der Waals surface area contributed by atoms with Crippen LogP contribution in [0.2, 0.25) is 0 Å². The highest BCUT2D eigenvalue weighted by atomic mass is 32.1. The molecule has 0 aliphatic carbocycles. The van der Waals surface area contributed by atoms with Gasteiger partial charge in [-0.3, -0.25) is 19.8 Å². The second-order valence-corrected chi connectivity index (χ2v) is 9.09. The van der Waals surface area contributed by atoms with Crippen molar-refractivity contribution in [1.29, 1.82) is 0 Å². The van der Waals surface area contributed by atoms with Gasteiger partial charge >= 0.3 is 5.97 Å². The molecule has 10 heteroatoms. The van der Waals surface area contributed by atoms with E-state index in [0.717, 1.165) is 38.8 Å². The summed E-state index contributed by atoms with van der Waals surface area (Å²) in [4.78, 5) is 44.1. The van der Waals surface area contributed by atoms with Crippen molar-refractivity contribution >= 4 is 45.4 Å². The lowest BCUT2D eigenvalue weighted by Crippen LogP contribution is -2.24. The summed E-state index contributed by atoms with van der Waals surface area (Å²) in [6, 6.07) is 13.6. The summed E-state index contributed by atoms with van der Waals surface area (Å²) in [5.74, 6) is -0.859. The van der Waals surface area contributed by atoms with Crippen LogP contribution < -0.4 is 9.80 Å². The number of amides is 1. The van der Waals surface area contributed by atoms with Gasteiger partial charge in [-0.1, -0.05) is 31.0 Å². The zero-order valence-corrected chi connectivity index (χ0v) is 20.2. The first kappa shape index (κ1) is 24.3. The number of ether oxygens (including phenoxy) is 1. The third-order valence-electron chi connectivity index (χ3n) is 5.77. The Bertz CT molecular complexity index is 1210. The van der Waals surface area contributed by atoms with E-state index in [1.807, 2.05) is 35.2 Å². The molecule has 0 N–H and O–H groups in total. The number of benzene rings is 2. The van der Waals surface area contributed by atoms with E-state index in [1.165, 1.54) is 29.2 Å². The maximum Gasteiger partial charge on any atom is 0.338 e. The Morgan fingerprint density at radius 2 is 1.83 bits per heavy atom. The van der Waals surface area contributed by atoms with Gasteiger partial charge in [0.2, 0.25) is 5.91 Å². The molecular weight excluding hydrogens is 468 g/mol. The minimum Gasteiger partial charge on any atom is -0.456 e. The molecule has 2 aromatic carbocycles. The highest BCUT2D eigenvalue weighted by Crippen LogP contribution is 2.32. The Kier molecular flexibility index (Phi) is 7.71. The summed E-state index contributed by atoms with van der Waals surface area (Å²) in [7, 11) is 0. The standard InChI is InChI=1S/C25H26N4O5S/c1-18(30)28(21-9-5-4-6-10-21)25-26-20(17-35-25)16-34-24(31)19-11-12-22(23(15-19)29(32)33)27-13-7-2-3-8-14-27/h4-6,9-12,15,17H,2-3,7-8,13-14,16H2,1H3. The van der Waals surface area contributed by atoms with Crippen molar-refractivity contribution in [3.05, 3.63) is 75.3 Å². The molecule has 0 atom stereocenters. The van der Waals surface area contributed by atoms with E-state index in [9.17, 15) is 19.7 Å². The van der Waals surface area contributed by atoms with Crippen molar-refractivity contribution in [1.82, 2.24) is 4.98 Å². The van der Waals surface area contributed by atoms with Crippen molar-refractivity contribution in [3.63, 3.8) is 0 Å². The van der Waals surface area contributed by atoms with E-state index < -0.39 is 10.9 Å². The highest BCUT2D eigenvalue weighted by Gasteiger charge is 2.24. The van der Waals surface area contributed by atoms with E-state index >= 15 is 0 Å². The number of nitro groups is 1. The number of anilines is 3. The molecule has 0 bridgehead atoms. The summed E-state index contributed by atoms with van der Waals surface area (Å²) in [5, 5.41) is 13.9. The molecule has 0 radical (unpaired) electrons. The Morgan fingerprint density at radius 3 is 2.49 bits per heavy atom. The first-order valence-corrected chi connectivity index (χ1v) is 12.3. The average Bonchev–Trinajstić information content (AvgIpc) is 3.14. The predicted molar refractivity (Wildman–Crippen MR) is 134 cm³/mol. The first-order chi connectivity index (χ1) is 16.9. The zero-order valence-electron chi connectivity index (χ0n) is 19.4. The number of hydrogen-bond acceptors (Lipinski definition) is 8. The van der Waals surface area contributed by atoms with Gasteiger partial charge in [-0.15, -0.1) is 11.3 Å². The summed E-state index contributed by atoms with van der Waals surface area (Å²) in [5.41, 5.74) is 1.71. The van der Waals surface area contributed by atoms with Gasteiger partial charge in [0.15, 0.2) is 5.13 Å². The number of carbonyl (C=O) groups excluding carboxylic acids is 2. The molecule has 1 saturated heterocycles. The maximum atomic E-state index is 12.7. The average molecular weight is 495 g/mol. The smallest absolute Gasteiger partial charge is 0.338 e. The topological polar surface area (TPSA) is 106 Å². The molecule has 3 aromatic rings. The predicted octanol–water partition coefficient (Wildman–Crippen LogP) is 5.47. The van der Waals surface area contributed by atoms with E-state index in [-0.39, 0.29) is 23.8 Å². The fourth-order valence-corrected chi connectivity index (χ4v) is 4.94. The second kappa shape index (κ2) is 11.1. The van der Waals surface area contributed by atoms with Crippen LogP contribution in [0.5, 0.6) is 0 Å². The third kappa shape index (κ3) is 5.83. The maximum absolute atomic E-state index is 12.7. The van der Waals surface area contributed by atoms with Crippen LogP contribution in [0.4, 0.5) is 22.2 Å². The number of thiazole rings is 1. The summed E-state index contributed by atoms with van der Waals surface area (Å²) < 4.78 is 5.38. The fraction of sp³-hybridized carbons (Fsp3) is 0.320. The van der Waals surface area contributed by atoms with Crippen LogP contribution in [0, 0.1) is 10.1 Å². The van der Waals surface area contributed by atoms with Crippen molar-refractivity contribution < 1.29 is 19.2 Å². The molecule has 35 heavy (non-hydrogen) atoms. The molecule has 1 amide bonds. The third-order valence-corrected chi connectivity index (χ3v) is 6.64. The number of hydrogen-bond donors (Lipinski definition) is 0. The van der Waals surface area contributed by atoms with Crippen LogP contribution in [0.15, 0.2) is 53.9 Å². The van der Waals surface area contributed by atoms with Crippen LogP contribution in [-0.2, 0) is 16.1 Å². The van der Waals surface area contributed by atoms with Crippen molar-refractivity contribution in [2.24, 2.45) is 0 Å². The lowest BCUT2D eigenvalue weighted by molar-refractivity contribution is -0.384. The Labute approximate surface area is 207 Å². The van der Waals surface area contributed by atoms with Crippen molar-refractivity contribution in [2.75, 3.05) is 22.9 Å². The molecular formula is C25H26N4O5S. The molecule has 4 rings (SSSR count). The summed E-state index contributed by atoms with van der Waals surface area (Å²) in [6.45, 7) is 2.86. The number of para-hydroxylation sites is 1. The van der Waals surface area contributed by atoms with Crippen LogP contribution in [0.1, 0.15) is 48.7 Å². The van der Waals surface area contributed by atoms with Crippen LogP contribution in [-0.4, -0.2) is 34.9 Å². The molecule has 0 spiro atoms. The Balaban J connectivity index is 1.46. The highest BCUT2D eigenvalue weighted by molar-refractivity contribution is 7.14. The molecule has 1 aliphatic heterocycles. The minimum absolute atomic E-state index is 0.0998. The zero-order chi connectivity index (χ0) is 24.8. The second-order valence-electron chi connectivity index (χ2n) is 8.25. The molecule has 9 nitrogen and oxygen atoms in total. The van der Waals surface area contributed by atoms with Gasteiger partial charge in [0.25, 0.3) is 5.69 Å².